The van der Waals surface area contributed by atoms with Gasteiger partial charge in [0.15, 0.2) is 11.4 Å². The number of nitrogens with one attached hydrogen (secondary N) is 1. The van der Waals surface area contributed by atoms with Crippen LogP contribution in [0.5, 0.6) is 11.6 Å². The summed E-state index contributed by atoms with van der Waals surface area (Å²) in [4.78, 5) is 8.51. The highest BCUT2D eigenvalue weighted by molar-refractivity contribution is 7.92. The maximum absolute atomic E-state index is 13.3. The molecule has 0 spiro atoms. The van der Waals surface area contributed by atoms with Crippen molar-refractivity contribution in [3.05, 3.63) is 84.1 Å². The zero-order chi connectivity index (χ0) is 25.8. The molecule has 0 unspecified atom stereocenters. The number of hydrogen-bond donors (Lipinski definition) is 1. The van der Waals surface area contributed by atoms with Crippen molar-refractivity contribution in [1.29, 1.82) is 0 Å². The molecule has 0 atom stereocenters. The fourth-order valence-electron chi connectivity index (χ4n) is 3.56. The predicted molar refractivity (Wildman–Crippen MR) is 134 cm³/mol. The monoisotopic (exact) mass is 516 g/mol. The lowest BCUT2D eigenvalue weighted by Gasteiger charge is -2.11. The van der Waals surface area contributed by atoms with Gasteiger partial charge in [-0.25, -0.2) is 18.4 Å². The maximum atomic E-state index is 13.3. The van der Waals surface area contributed by atoms with Gasteiger partial charge in [0.05, 0.1) is 26.5 Å². The minimum Gasteiger partial charge on any atom is -0.495 e. The second-order valence-electron chi connectivity index (χ2n) is 7.67. The van der Waals surface area contributed by atoms with E-state index in [1.807, 2.05) is 6.07 Å². The van der Waals surface area contributed by atoms with Gasteiger partial charge >= 0.3 is 0 Å². The highest BCUT2D eigenvalue weighted by Gasteiger charge is 2.25. The largest absolute Gasteiger partial charge is 0.495 e. The summed E-state index contributed by atoms with van der Waals surface area (Å²) in [5.41, 5.74) is 2.05. The van der Waals surface area contributed by atoms with E-state index in [2.05, 4.69) is 36.8 Å². The number of pyridine rings is 2. The lowest BCUT2D eigenvalue weighted by Crippen LogP contribution is -2.15. The Balaban J connectivity index is 1.45. The van der Waals surface area contributed by atoms with E-state index in [0.29, 0.717) is 29.1 Å². The molecule has 0 aliphatic heterocycles. The van der Waals surface area contributed by atoms with Crippen molar-refractivity contribution in [2.45, 2.75) is 11.4 Å². The normalized spacial score (nSPS) is 11.1. The van der Waals surface area contributed by atoms with Crippen LogP contribution in [0, 0.1) is 11.8 Å². The van der Waals surface area contributed by atoms with Crippen LogP contribution in [0.25, 0.3) is 11.0 Å². The summed E-state index contributed by atoms with van der Waals surface area (Å²) in [6.45, 7) is 0.369. The Labute approximate surface area is 212 Å². The van der Waals surface area contributed by atoms with E-state index in [1.54, 1.807) is 53.6 Å². The number of hydrogen-bond acceptors (Lipinski definition) is 9. The third-order valence-corrected chi connectivity index (χ3v) is 6.61. The number of ether oxygens (including phenoxy) is 2. The van der Waals surface area contributed by atoms with E-state index in [4.69, 9.17) is 14.0 Å². The molecule has 1 N–H and O–H groups in total. The molecule has 0 aliphatic carbocycles. The molecule has 0 radical (unpaired) electrons. The second kappa shape index (κ2) is 10.00. The first-order valence-electron chi connectivity index (χ1n) is 10.9. The number of methoxy groups -OCH3 is 2. The van der Waals surface area contributed by atoms with Gasteiger partial charge in [-0.2, -0.15) is 5.10 Å². The molecule has 0 aliphatic rings. The third kappa shape index (κ3) is 5.07. The molecule has 186 valence electrons. The molecule has 1 aromatic carbocycles. The van der Waals surface area contributed by atoms with Gasteiger partial charge < -0.3 is 14.0 Å². The number of benzene rings is 1. The number of sulfonamides is 1. The first-order valence-corrected chi connectivity index (χ1v) is 12.4. The highest BCUT2D eigenvalue weighted by atomic mass is 32.2. The van der Waals surface area contributed by atoms with Crippen LogP contribution in [0.2, 0.25) is 0 Å². The Morgan fingerprint density at radius 2 is 1.95 bits per heavy atom. The molecule has 0 saturated heterocycles. The van der Waals surface area contributed by atoms with Crippen LogP contribution in [0.1, 0.15) is 17.0 Å². The van der Waals surface area contributed by atoms with Crippen molar-refractivity contribution in [2.75, 3.05) is 18.9 Å². The standard InChI is InChI=1S/C25H20N6O5S/c1-34-20-14-17(7-9-18-6-3-4-11-26-18)8-10-22(20)37(32,33)30-24-23-21(36-29-24)15-19(28-25(23)35-2)16-31-13-5-12-27-31/h3-6,8,10-15H,16H2,1-2H3,(H,29,30). The predicted octanol–water partition coefficient (Wildman–Crippen LogP) is 3.08. The van der Waals surface area contributed by atoms with Gasteiger partial charge in [0.1, 0.15) is 21.7 Å². The van der Waals surface area contributed by atoms with Crippen LogP contribution < -0.4 is 14.2 Å². The zero-order valence-electron chi connectivity index (χ0n) is 19.7. The number of aromatic nitrogens is 5. The van der Waals surface area contributed by atoms with E-state index in [-0.39, 0.29) is 27.7 Å². The van der Waals surface area contributed by atoms with Crippen LogP contribution in [-0.4, -0.2) is 47.5 Å². The van der Waals surface area contributed by atoms with Crippen molar-refractivity contribution in [3.8, 4) is 23.5 Å². The summed E-state index contributed by atoms with van der Waals surface area (Å²) in [6, 6.07) is 13.4. The summed E-state index contributed by atoms with van der Waals surface area (Å²) in [5.74, 6) is 6.09. The number of fused-ring (bicyclic) bond motifs is 1. The fourth-order valence-corrected chi connectivity index (χ4v) is 4.72. The van der Waals surface area contributed by atoms with Crippen molar-refractivity contribution < 1.29 is 22.4 Å². The Morgan fingerprint density at radius 3 is 2.68 bits per heavy atom. The smallest absolute Gasteiger partial charge is 0.266 e. The SMILES string of the molecule is COc1cc(C#Cc2ccccn2)ccc1S(=O)(=O)Nc1noc2cc(Cn3cccn3)nc(OC)c12. The van der Waals surface area contributed by atoms with Crippen molar-refractivity contribution >= 4 is 26.8 Å². The van der Waals surface area contributed by atoms with Gasteiger partial charge in [0.2, 0.25) is 5.88 Å². The minimum atomic E-state index is -4.13. The molecular weight excluding hydrogens is 496 g/mol. The second-order valence-corrected chi connectivity index (χ2v) is 9.32. The van der Waals surface area contributed by atoms with Crippen LogP contribution in [0.3, 0.4) is 0 Å². The van der Waals surface area contributed by atoms with Crippen LogP contribution >= 0.6 is 0 Å². The van der Waals surface area contributed by atoms with Crippen LogP contribution in [-0.2, 0) is 16.6 Å². The van der Waals surface area contributed by atoms with E-state index >= 15 is 0 Å². The number of rotatable bonds is 7. The molecule has 5 rings (SSSR count). The maximum Gasteiger partial charge on any atom is 0.266 e. The van der Waals surface area contributed by atoms with Gasteiger partial charge in [-0.05, 0) is 42.3 Å². The lowest BCUT2D eigenvalue weighted by atomic mass is 10.2. The molecule has 4 heterocycles. The summed E-state index contributed by atoms with van der Waals surface area (Å²) in [7, 11) is -1.32. The third-order valence-electron chi connectivity index (χ3n) is 5.24. The number of anilines is 1. The van der Waals surface area contributed by atoms with Gasteiger partial charge in [-0.1, -0.05) is 17.1 Å². The molecule has 0 fully saturated rings. The summed E-state index contributed by atoms with van der Waals surface area (Å²) in [5, 5.41) is 8.35. The van der Waals surface area contributed by atoms with Gasteiger partial charge in [-0.15, -0.1) is 0 Å². The average Bonchev–Trinajstić information content (AvgIpc) is 3.57. The molecule has 0 saturated carbocycles. The molecule has 5 aromatic rings. The van der Waals surface area contributed by atoms with E-state index < -0.39 is 10.0 Å². The summed E-state index contributed by atoms with van der Waals surface area (Å²) < 4.78 is 46.9. The van der Waals surface area contributed by atoms with E-state index in [1.165, 1.54) is 26.4 Å². The molecule has 37 heavy (non-hydrogen) atoms. The van der Waals surface area contributed by atoms with Gasteiger partial charge in [-0.3, -0.25) is 9.40 Å². The van der Waals surface area contributed by atoms with Crippen molar-refractivity contribution in [3.63, 3.8) is 0 Å². The van der Waals surface area contributed by atoms with Gasteiger partial charge in [0, 0.05) is 30.2 Å². The molecule has 4 aromatic heterocycles. The summed E-state index contributed by atoms with van der Waals surface area (Å²) in [6.07, 6.45) is 5.09. The van der Waals surface area contributed by atoms with Gasteiger partial charge in [0.25, 0.3) is 10.0 Å². The Bertz CT molecular complexity index is 1720. The Morgan fingerprint density at radius 1 is 1.05 bits per heavy atom. The zero-order valence-corrected chi connectivity index (χ0v) is 20.6. The fraction of sp³-hybridized carbons (Fsp3) is 0.120. The lowest BCUT2D eigenvalue weighted by molar-refractivity contribution is 0.400. The molecule has 0 amide bonds. The average molecular weight is 517 g/mol. The van der Waals surface area contributed by atoms with E-state index in [0.717, 1.165) is 0 Å². The molecule has 0 bridgehead atoms. The van der Waals surface area contributed by atoms with Crippen LogP contribution in [0.15, 0.2) is 76.5 Å². The van der Waals surface area contributed by atoms with Crippen molar-refractivity contribution in [1.82, 2.24) is 24.9 Å². The molecular formula is C25H20N6O5S. The van der Waals surface area contributed by atoms with E-state index in [9.17, 15) is 8.42 Å². The summed E-state index contributed by atoms with van der Waals surface area (Å²) >= 11 is 0. The Kier molecular flexibility index (Phi) is 6.44. The Hall–Kier alpha value is -4.89. The number of nitrogens with zero attached hydrogens (tertiary/aromatic N) is 5. The minimum absolute atomic E-state index is 0.0638. The first kappa shape index (κ1) is 23.8. The van der Waals surface area contributed by atoms with Crippen LogP contribution in [0.4, 0.5) is 5.82 Å². The quantitative estimate of drug-likeness (QED) is 0.324. The topological polar surface area (TPSA) is 134 Å². The highest BCUT2D eigenvalue weighted by Crippen LogP contribution is 2.34. The molecule has 12 heteroatoms. The molecule has 11 nitrogen and oxygen atoms in total. The first-order chi connectivity index (χ1) is 18.0. The van der Waals surface area contributed by atoms with Crippen molar-refractivity contribution in [2.24, 2.45) is 0 Å².